The Bertz CT molecular complexity index is 1120. The fourth-order valence-electron chi connectivity index (χ4n) is 3.99. The zero-order chi connectivity index (χ0) is 21.4. The second-order valence-corrected chi connectivity index (χ2v) is 7.72. The molecule has 31 heavy (non-hydrogen) atoms. The molecule has 3 aromatic heterocycles. The first-order valence-corrected chi connectivity index (χ1v) is 10.4. The molecule has 11 nitrogen and oxygen atoms in total. The Kier molecular flexibility index (Phi) is 5.02. The molecule has 0 unspecified atom stereocenters. The first-order chi connectivity index (χ1) is 15.1. The molecule has 5 heterocycles. The summed E-state index contributed by atoms with van der Waals surface area (Å²) in [6, 6.07) is 3.58. The largest absolute Gasteiger partial charge is 0.378 e. The van der Waals surface area contributed by atoms with Crippen LogP contribution in [0.15, 0.2) is 24.5 Å². The maximum atomic E-state index is 13.0. The number of rotatable bonds is 4. The van der Waals surface area contributed by atoms with E-state index in [-0.39, 0.29) is 17.2 Å². The van der Waals surface area contributed by atoms with Gasteiger partial charge in [-0.3, -0.25) is 14.3 Å². The molecule has 2 aliphatic heterocycles. The van der Waals surface area contributed by atoms with Crippen LogP contribution in [0.4, 0.5) is 11.6 Å². The Morgan fingerprint density at radius 3 is 2.65 bits per heavy atom. The number of aromatic nitrogens is 5. The molecule has 0 radical (unpaired) electrons. The predicted molar refractivity (Wildman–Crippen MR) is 112 cm³/mol. The topological polar surface area (TPSA) is 110 Å². The van der Waals surface area contributed by atoms with Crippen LogP contribution in [-0.4, -0.2) is 80.5 Å². The van der Waals surface area contributed by atoms with E-state index >= 15 is 0 Å². The average Bonchev–Trinajstić information content (AvgIpc) is 3.52. The van der Waals surface area contributed by atoms with Gasteiger partial charge in [0.05, 0.1) is 36.9 Å². The number of ether oxygens (including phenoxy) is 1. The van der Waals surface area contributed by atoms with Gasteiger partial charge in [-0.15, -0.1) is 5.10 Å². The van der Waals surface area contributed by atoms with E-state index in [1.165, 1.54) is 10.9 Å². The van der Waals surface area contributed by atoms with E-state index < -0.39 is 5.91 Å². The van der Waals surface area contributed by atoms with Crippen molar-refractivity contribution in [1.82, 2.24) is 29.3 Å². The Hall–Kier alpha value is -3.47. The summed E-state index contributed by atoms with van der Waals surface area (Å²) in [5, 5.41) is 11.5. The second kappa shape index (κ2) is 7.99. The molecule has 5 rings (SSSR count). The second-order valence-electron chi connectivity index (χ2n) is 7.72. The summed E-state index contributed by atoms with van der Waals surface area (Å²) in [5.41, 5.74) is 1.76. The highest BCUT2D eigenvalue weighted by Crippen LogP contribution is 2.19. The van der Waals surface area contributed by atoms with Gasteiger partial charge in [-0.25, -0.2) is 4.52 Å². The number of anilines is 2. The Labute approximate surface area is 178 Å². The number of fused-ring (bicyclic) bond motifs is 1. The van der Waals surface area contributed by atoms with Crippen molar-refractivity contribution in [2.24, 2.45) is 7.05 Å². The highest BCUT2D eigenvalue weighted by molar-refractivity contribution is 6.11. The Morgan fingerprint density at radius 1 is 1.10 bits per heavy atom. The molecule has 162 valence electrons. The molecule has 0 atom stereocenters. The third-order valence-corrected chi connectivity index (χ3v) is 5.65. The molecule has 0 saturated carbocycles. The van der Waals surface area contributed by atoms with Crippen LogP contribution in [0.25, 0.3) is 5.65 Å². The minimum absolute atomic E-state index is 0.216. The lowest BCUT2D eigenvalue weighted by molar-refractivity contribution is 0.0302. The van der Waals surface area contributed by atoms with E-state index in [2.05, 4.69) is 25.4 Å². The Morgan fingerprint density at radius 2 is 1.87 bits per heavy atom. The summed E-state index contributed by atoms with van der Waals surface area (Å²) in [6.45, 7) is 3.89. The van der Waals surface area contributed by atoms with E-state index in [0.29, 0.717) is 43.6 Å². The molecule has 11 heteroatoms. The number of aryl methyl sites for hydroxylation is 1. The van der Waals surface area contributed by atoms with E-state index in [4.69, 9.17) is 4.74 Å². The van der Waals surface area contributed by atoms with Crippen molar-refractivity contribution in [3.63, 3.8) is 0 Å². The molecule has 2 aliphatic rings. The van der Waals surface area contributed by atoms with Gasteiger partial charge >= 0.3 is 0 Å². The van der Waals surface area contributed by atoms with Crippen LogP contribution in [0.2, 0.25) is 0 Å². The number of carbonyl (C=O) groups excluding carboxylic acids is 2. The van der Waals surface area contributed by atoms with Crippen LogP contribution in [0, 0.1) is 0 Å². The van der Waals surface area contributed by atoms with E-state index in [9.17, 15) is 9.59 Å². The lowest BCUT2D eigenvalue weighted by Crippen LogP contribution is -2.41. The molecule has 3 aromatic rings. The highest BCUT2D eigenvalue weighted by atomic mass is 16.5. The number of nitrogens with one attached hydrogen (secondary N) is 1. The van der Waals surface area contributed by atoms with Crippen molar-refractivity contribution in [3.8, 4) is 0 Å². The molecular weight excluding hydrogens is 400 g/mol. The molecule has 2 amide bonds. The van der Waals surface area contributed by atoms with Gasteiger partial charge in [-0.2, -0.15) is 10.1 Å². The first kappa shape index (κ1) is 19.5. The minimum atomic E-state index is -0.407. The quantitative estimate of drug-likeness (QED) is 0.659. The minimum Gasteiger partial charge on any atom is -0.378 e. The zero-order valence-corrected chi connectivity index (χ0v) is 17.3. The summed E-state index contributed by atoms with van der Waals surface area (Å²) >= 11 is 0. The maximum Gasteiger partial charge on any atom is 0.274 e. The lowest BCUT2D eigenvalue weighted by atomic mass is 10.2. The van der Waals surface area contributed by atoms with Crippen LogP contribution in [0.3, 0.4) is 0 Å². The predicted octanol–water partition coefficient (Wildman–Crippen LogP) is 0.788. The van der Waals surface area contributed by atoms with E-state index in [0.717, 1.165) is 25.9 Å². The fourth-order valence-corrected chi connectivity index (χ4v) is 3.99. The average molecular weight is 424 g/mol. The molecule has 0 aromatic carbocycles. The van der Waals surface area contributed by atoms with Crippen LogP contribution in [0.5, 0.6) is 0 Å². The van der Waals surface area contributed by atoms with Gasteiger partial charge in [0.15, 0.2) is 5.65 Å². The van der Waals surface area contributed by atoms with Crippen LogP contribution >= 0.6 is 0 Å². The molecular formula is C20H24N8O3. The zero-order valence-electron chi connectivity index (χ0n) is 17.3. The highest BCUT2D eigenvalue weighted by Gasteiger charge is 2.27. The fraction of sp³-hybridized carbons (Fsp3) is 0.450. The van der Waals surface area contributed by atoms with Gasteiger partial charge in [0.2, 0.25) is 5.95 Å². The van der Waals surface area contributed by atoms with Crippen LogP contribution < -0.4 is 10.2 Å². The summed E-state index contributed by atoms with van der Waals surface area (Å²) < 4.78 is 8.38. The number of amides is 2. The molecule has 0 bridgehead atoms. The van der Waals surface area contributed by atoms with Crippen molar-refractivity contribution >= 4 is 29.1 Å². The summed E-state index contributed by atoms with van der Waals surface area (Å²) in [5.74, 6) is 0.0744. The first-order valence-electron chi connectivity index (χ1n) is 10.4. The van der Waals surface area contributed by atoms with Crippen LogP contribution in [0.1, 0.15) is 33.7 Å². The van der Waals surface area contributed by atoms with Crippen LogP contribution in [-0.2, 0) is 11.8 Å². The maximum absolute atomic E-state index is 13.0. The van der Waals surface area contributed by atoms with E-state index in [1.807, 2.05) is 6.07 Å². The van der Waals surface area contributed by atoms with Crippen molar-refractivity contribution in [1.29, 1.82) is 0 Å². The lowest BCUT2D eigenvalue weighted by Gasteiger charge is -2.26. The molecule has 0 aliphatic carbocycles. The van der Waals surface area contributed by atoms with E-state index in [1.54, 1.807) is 28.7 Å². The number of nitrogens with zero attached hydrogens (tertiary/aromatic N) is 7. The third-order valence-electron chi connectivity index (χ3n) is 5.65. The third kappa shape index (κ3) is 3.72. The van der Waals surface area contributed by atoms with Gasteiger partial charge in [-0.1, -0.05) is 0 Å². The summed E-state index contributed by atoms with van der Waals surface area (Å²) in [4.78, 5) is 34.3. The van der Waals surface area contributed by atoms with Crippen molar-refractivity contribution < 1.29 is 14.3 Å². The van der Waals surface area contributed by atoms with Gasteiger partial charge in [-0.05, 0) is 25.0 Å². The van der Waals surface area contributed by atoms with Gasteiger partial charge in [0, 0.05) is 33.2 Å². The standard InChI is InChI=1S/C20H24N8O3/c1-25-17(15(12-21-25)19(30)26-8-10-31-11-9-26)18(29)22-14-4-5-16-23-20(24-28(16)13-14)27-6-2-3-7-27/h4-5,12-13H,2-3,6-11H2,1H3,(H,22,29). The summed E-state index contributed by atoms with van der Waals surface area (Å²) in [6.07, 6.45) is 5.45. The number of morpholine rings is 1. The van der Waals surface area contributed by atoms with Crippen molar-refractivity contribution in [3.05, 3.63) is 35.8 Å². The number of pyridine rings is 1. The molecule has 2 saturated heterocycles. The van der Waals surface area contributed by atoms with Crippen molar-refractivity contribution in [2.75, 3.05) is 49.6 Å². The van der Waals surface area contributed by atoms with Gasteiger partial charge < -0.3 is 19.9 Å². The monoisotopic (exact) mass is 424 g/mol. The molecule has 1 N–H and O–H groups in total. The smallest absolute Gasteiger partial charge is 0.274 e. The van der Waals surface area contributed by atoms with Gasteiger partial charge in [0.1, 0.15) is 5.69 Å². The number of hydrogen-bond acceptors (Lipinski definition) is 7. The van der Waals surface area contributed by atoms with Crippen molar-refractivity contribution in [2.45, 2.75) is 12.8 Å². The number of hydrogen-bond donors (Lipinski definition) is 1. The SMILES string of the molecule is Cn1ncc(C(=O)N2CCOCC2)c1C(=O)Nc1ccc2nc(N3CCCC3)nn2c1. The van der Waals surface area contributed by atoms with Gasteiger partial charge in [0.25, 0.3) is 11.8 Å². The molecule has 0 spiro atoms. The normalized spacial score (nSPS) is 16.8. The number of carbonyl (C=O) groups is 2. The molecule has 2 fully saturated rings. The summed E-state index contributed by atoms with van der Waals surface area (Å²) in [7, 11) is 1.65. The Balaban J connectivity index is 1.37.